The van der Waals surface area contributed by atoms with Gasteiger partial charge >= 0.3 is 0 Å². The van der Waals surface area contributed by atoms with Gasteiger partial charge in [0, 0.05) is 45.9 Å². The van der Waals surface area contributed by atoms with E-state index in [9.17, 15) is 0 Å². The molecule has 0 radical (unpaired) electrons. The Bertz CT molecular complexity index is 4440. The maximum absolute atomic E-state index is 7.03. The van der Waals surface area contributed by atoms with Crippen molar-refractivity contribution in [3.63, 3.8) is 0 Å². The molecule has 0 bridgehead atoms. The fourth-order valence-corrected chi connectivity index (χ4v) is 13.3. The number of aromatic nitrogens is 2. The number of para-hydroxylation sites is 3. The summed E-state index contributed by atoms with van der Waals surface area (Å²) >= 11 is 0. The maximum Gasteiger partial charge on any atom is 0.137 e. The molecule has 1 atom stereocenters. The molecule has 0 N–H and O–H groups in total. The highest BCUT2D eigenvalue weighted by Crippen LogP contribution is 2.58. The van der Waals surface area contributed by atoms with Crippen molar-refractivity contribution in [1.82, 2.24) is 9.55 Å². The summed E-state index contributed by atoms with van der Waals surface area (Å²) in [5, 5.41) is 2.29. The van der Waals surface area contributed by atoms with Crippen molar-refractivity contribution in [3.05, 3.63) is 288 Å². The standard InChI is InChI=1S/C79H70N4O/c1-76(2,3)54-35-37-55(38-36-54)79(68-31-18-16-29-62(68)63-41-39-56(47-69(63)79)77(4,5)6)57-43-44-80-74(48-57)83-70-32-19-17-30-64(70)65-42-40-61(50-73(65)83)84-60-28-22-27-59(49-60)81-51-82(72-34-21-20-33-71(72)81)75-66(52-23-12-10-13-24-52)45-58(78(7,8)9)46-67(75)53-25-14-11-15-26-53/h10-50H,51H2,1-9H3. The minimum atomic E-state index is -0.628. The van der Waals surface area contributed by atoms with E-state index in [-0.39, 0.29) is 16.2 Å². The van der Waals surface area contributed by atoms with Crippen LogP contribution >= 0.6 is 0 Å². The second-order valence-electron chi connectivity index (χ2n) is 26.1. The third kappa shape index (κ3) is 8.79. The van der Waals surface area contributed by atoms with Crippen molar-refractivity contribution < 1.29 is 4.74 Å². The number of rotatable bonds is 9. The zero-order valence-electron chi connectivity index (χ0n) is 49.6. The van der Waals surface area contributed by atoms with Crippen LogP contribution in [0.2, 0.25) is 0 Å². The Morgan fingerprint density at radius 3 is 1.67 bits per heavy atom. The van der Waals surface area contributed by atoms with Crippen molar-refractivity contribution in [2.45, 2.75) is 84.0 Å². The van der Waals surface area contributed by atoms with E-state index in [0.29, 0.717) is 6.67 Å². The number of nitrogens with zero attached hydrogens (tertiary/aromatic N) is 4. The number of anilines is 4. The lowest BCUT2D eigenvalue weighted by Gasteiger charge is -2.35. The van der Waals surface area contributed by atoms with Crippen LogP contribution in [-0.2, 0) is 21.7 Å². The number of hydrogen-bond acceptors (Lipinski definition) is 4. The molecule has 0 fully saturated rings. The fourth-order valence-electron chi connectivity index (χ4n) is 13.3. The van der Waals surface area contributed by atoms with Crippen molar-refractivity contribution in [3.8, 4) is 50.7 Å². The van der Waals surface area contributed by atoms with Gasteiger partial charge in [-0.3, -0.25) is 4.57 Å². The Labute approximate surface area is 495 Å². The zero-order chi connectivity index (χ0) is 57.7. The molecule has 412 valence electrons. The summed E-state index contributed by atoms with van der Waals surface area (Å²) in [6.45, 7) is 21.3. The Morgan fingerprint density at radius 1 is 0.393 bits per heavy atom. The minimum Gasteiger partial charge on any atom is -0.457 e. The van der Waals surface area contributed by atoms with Gasteiger partial charge in [-0.15, -0.1) is 0 Å². The van der Waals surface area contributed by atoms with E-state index in [2.05, 4.69) is 319 Å². The first-order valence-corrected chi connectivity index (χ1v) is 29.6. The quantitative estimate of drug-likeness (QED) is 0.144. The van der Waals surface area contributed by atoms with E-state index in [4.69, 9.17) is 9.72 Å². The lowest BCUT2D eigenvalue weighted by atomic mass is 9.66. The first kappa shape index (κ1) is 52.6. The topological polar surface area (TPSA) is 33.5 Å². The highest BCUT2D eigenvalue weighted by molar-refractivity contribution is 6.09. The second kappa shape index (κ2) is 19.9. The van der Waals surface area contributed by atoms with Gasteiger partial charge in [-0.05, 0) is 144 Å². The first-order valence-electron chi connectivity index (χ1n) is 29.6. The maximum atomic E-state index is 7.03. The van der Waals surface area contributed by atoms with E-state index < -0.39 is 5.41 Å². The van der Waals surface area contributed by atoms with Crippen molar-refractivity contribution >= 4 is 44.6 Å². The zero-order valence-corrected chi connectivity index (χ0v) is 49.6. The molecule has 2 aromatic heterocycles. The van der Waals surface area contributed by atoms with Crippen LogP contribution in [0.5, 0.6) is 11.5 Å². The van der Waals surface area contributed by atoms with E-state index >= 15 is 0 Å². The van der Waals surface area contributed by atoms with Crippen LogP contribution in [0.1, 0.15) is 101 Å². The minimum absolute atomic E-state index is 0.00560. The molecule has 3 heterocycles. The molecule has 1 unspecified atom stereocenters. The van der Waals surface area contributed by atoms with E-state index in [1.165, 1.54) is 78.0 Å². The van der Waals surface area contributed by atoms with Gasteiger partial charge in [-0.1, -0.05) is 226 Å². The van der Waals surface area contributed by atoms with E-state index in [1.807, 2.05) is 6.20 Å². The summed E-state index contributed by atoms with van der Waals surface area (Å²) in [4.78, 5) is 10.2. The molecule has 5 heteroatoms. The Kier molecular flexibility index (Phi) is 12.5. The van der Waals surface area contributed by atoms with Gasteiger partial charge in [-0.25, -0.2) is 4.98 Å². The molecular weight excluding hydrogens is 1020 g/mol. The normalized spacial score (nSPS) is 14.9. The average Bonchev–Trinajstić information content (AvgIpc) is 1.81. The summed E-state index contributed by atoms with van der Waals surface area (Å²) in [6, 6.07) is 89.4. The summed E-state index contributed by atoms with van der Waals surface area (Å²) in [5.74, 6) is 2.34. The SMILES string of the molecule is CC(C)(C)c1ccc(C2(c3ccnc(-n4c5ccccc5c5ccc(Oc6cccc(N7CN(c8c(-c9ccccc9)cc(C(C)(C)C)cc8-c8ccccc8)c8ccccc87)c6)cc54)c3)c3ccccc3-c3ccc(C(C)(C)C)cc32)cc1. The molecule has 1 aliphatic carbocycles. The summed E-state index contributed by atoms with van der Waals surface area (Å²) < 4.78 is 9.36. The molecular formula is C79H70N4O. The predicted octanol–water partition coefficient (Wildman–Crippen LogP) is 20.8. The van der Waals surface area contributed by atoms with Gasteiger partial charge in [0.1, 0.15) is 24.0 Å². The lowest BCUT2D eigenvalue weighted by molar-refractivity contribution is 0.483. The summed E-state index contributed by atoms with van der Waals surface area (Å²) in [7, 11) is 0. The van der Waals surface area contributed by atoms with Crippen LogP contribution in [0, 0.1) is 0 Å². The molecule has 0 saturated carbocycles. The Balaban J connectivity index is 0.870. The highest BCUT2D eigenvalue weighted by atomic mass is 16.5. The smallest absolute Gasteiger partial charge is 0.137 e. The van der Waals surface area contributed by atoms with Crippen molar-refractivity contribution in [2.24, 2.45) is 0 Å². The van der Waals surface area contributed by atoms with Crippen LogP contribution in [-0.4, -0.2) is 16.2 Å². The molecule has 2 aliphatic rings. The molecule has 84 heavy (non-hydrogen) atoms. The summed E-state index contributed by atoms with van der Waals surface area (Å²) in [5.41, 5.74) is 22.1. The fraction of sp³-hybridized carbons (Fsp3) is 0.177. The number of benzene rings is 10. The van der Waals surface area contributed by atoms with Crippen LogP contribution in [0.3, 0.4) is 0 Å². The number of hydrogen-bond donors (Lipinski definition) is 0. The van der Waals surface area contributed by atoms with Gasteiger partial charge in [-0.2, -0.15) is 0 Å². The van der Waals surface area contributed by atoms with Gasteiger partial charge in [0.15, 0.2) is 0 Å². The van der Waals surface area contributed by atoms with E-state index in [1.54, 1.807) is 0 Å². The second-order valence-corrected chi connectivity index (χ2v) is 26.1. The van der Waals surface area contributed by atoms with Gasteiger partial charge in [0.25, 0.3) is 0 Å². The molecule has 0 amide bonds. The third-order valence-corrected chi connectivity index (χ3v) is 17.7. The van der Waals surface area contributed by atoms with Crippen LogP contribution in [0.25, 0.3) is 61.0 Å². The van der Waals surface area contributed by atoms with Gasteiger partial charge in [0.2, 0.25) is 0 Å². The van der Waals surface area contributed by atoms with Crippen molar-refractivity contribution in [1.29, 1.82) is 0 Å². The largest absolute Gasteiger partial charge is 0.457 e. The number of pyridine rings is 1. The number of ether oxygens (including phenoxy) is 1. The monoisotopic (exact) mass is 1090 g/mol. The van der Waals surface area contributed by atoms with Crippen LogP contribution in [0.15, 0.2) is 249 Å². The molecule has 5 nitrogen and oxygen atoms in total. The first-order chi connectivity index (χ1) is 40.5. The average molecular weight is 1090 g/mol. The molecule has 14 rings (SSSR count). The van der Waals surface area contributed by atoms with Crippen LogP contribution in [0.4, 0.5) is 22.7 Å². The summed E-state index contributed by atoms with van der Waals surface area (Å²) in [6.07, 6.45) is 2.01. The third-order valence-electron chi connectivity index (χ3n) is 17.7. The molecule has 0 spiro atoms. The van der Waals surface area contributed by atoms with Gasteiger partial charge < -0.3 is 14.5 Å². The molecule has 1 aliphatic heterocycles. The Hall–Kier alpha value is -9.45. The molecule has 12 aromatic rings. The van der Waals surface area contributed by atoms with Gasteiger partial charge in [0.05, 0.1) is 33.5 Å². The van der Waals surface area contributed by atoms with Crippen LogP contribution < -0.4 is 14.5 Å². The molecule has 10 aromatic carbocycles. The molecule has 0 saturated heterocycles. The van der Waals surface area contributed by atoms with E-state index in [0.717, 1.165) is 56.2 Å². The number of fused-ring (bicyclic) bond motifs is 7. The van der Waals surface area contributed by atoms with Crippen molar-refractivity contribution in [2.75, 3.05) is 16.5 Å². The lowest BCUT2D eigenvalue weighted by Crippen LogP contribution is -2.29. The Morgan fingerprint density at radius 2 is 0.976 bits per heavy atom. The highest BCUT2D eigenvalue weighted by Gasteiger charge is 2.47. The predicted molar refractivity (Wildman–Crippen MR) is 351 cm³/mol.